The van der Waals surface area contributed by atoms with Gasteiger partial charge in [-0.1, -0.05) is 18.2 Å². The van der Waals surface area contributed by atoms with Gasteiger partial charge in [-0.15, -0.1) is 0 Å². The summed E-state index contributed by atoms with van der Waals surface area (Å²) in [6.07, 6.45) is 2.34. The molecule has 4 heteroatoms. The second-order valence-corrected chi connectivity index (χ2v) is 3.57. The van der Waals surface area contributed by atoms with Crippen LogP contribution >= 0.6 is 0 Å². The summed E-state index contributed by atoms with van der Waals surface area (Å²) in [6, 6.07) is 10.4. The molecule has 86 valence electrons. The number of aldehydes is 1. The first-order chi connectivity index (χ1) is 8.29. The molecule has 2 N–H and O–H groups in total. The summed E-state index contributed by atoms with van der Waals surface area (Å²) in [7, 11) is 0. The van der Waals surface area contributed by atoms with E-state index in [9.17, 15) is 9.90 Å². The minimum Gasteiger partial charge on any atom is -0.508 e. The maximum Gasteiger partial charge on any atom is 0.150 e. The molecule has 4 nitrogen and oxygen atoms in total. The second-order valence-electron chi connectivity index (χ2n) is 3.57. The lowest BCUT2D eigenvalue weighted by Gasteiger charge is -2.07. The van der Waals surface area contributed by atoms with Crippen LogP contribution in [0.1, 0.15) is 15.9 Å². The Labute approximate surface area is 98.9 Å². The summed E-state index contributed by atoms with van der Waals surface area (Å²) >= 11 is 0. The molecule has 0 aliphatic rings. The highest BCUT2D eigenvalue weighted by Crippen LogP contribution is 2.16. The Balaban J connectivity index is 2.07. The number of hydrogen-bond donors (Lipinski definition) is 2. The third-order valence-electron chi connectivity index (χ3n) is 2.37. The second kappa shape index (κ2) is 5.12. The van der Waals surface area contributed by atoms with Crippen LogP contribution in [0.3, 0.4) is 0 Å². The molecule has 0 amide bonds. The first-order valence-corrected chi connectivity index (χ1v) is 5.21. The molecule has 0 spiro atoms. The van der Waals surface area contributed by atoms with Gasteiger partial charge in [-0.2, -0.15) is 0 Å². The van der Waals surface area contributed by atoms with Gasteiger partial charge in [-0.25, -0.2) is 4.98 Å². The fraction of sp³-hybridized carbons (Fsp3) is 0.0769. The van der Waals surface area contributed by atoms with Crippen molar-refractivity contribution in [3.05, 3.63) is 53.7 Å². The highest BCUT2D eigenvalue weighted by molar-refractivity contribution is 5.75. The van der Waals surface area contributed by atoms with Crippen LogP contribution in [0.5, 0.6) is 5.75 Å². The Morgan fingerprint density at radius 1 is 1.29 bits per heavy atom. The van der Waals surface area contributed by atoms with Crippen LogP contribution < -0.4 is 5.32 Å². The highest BCUT2D eigenvalue weighted by Gasteiger charge is 2.00. The summed E-state index contributed by atoms with van der Waals surface area (Å²) in [5.41, 5.74) is 1.35. The van der Waals surface area contributed by atoms with Crippen molar-refractivity contribution in [1.82, 2.24) is 4.98 Å². The van der Waals surface area contributed by atoms with E-state index in [1.54, 1.807) is 30.5 Å². The molecule has 0 aliphatic heterocycles. The number of rotatable bonds is 4. The summed E-state index contributed by atoms with van der Waals surface area (Å²) in [4.78, 5) is 14.7. The number of carbonyl (C=O) groups is 1. The van der Waals surface area contributed by atoms with Crippen molar-refractivity contribution in [2.75, 3.05) is 5.32 Å². The Bertz CT molecular complexity index is 526. The molecule has 0 radical (unpaired) electrons. The van der Waals surface area contributed by atoms with Crippen LogP contribution in [-0.4, -0.2) is 16.4 Å². The predicted octanol–water partition coefficient (Wildman–Crippen LogP) is 2.21. The summed E-state index contributed by atoms with van der Waals surface area (Å²) in [5.74, 6) is 0.851. The summed E-state index contributed by atoms with van der Waals surface area (Å²) in [6.45, 7) is 0.460. The van der Waals surface area contributed by atoms with Gasteiger partial charge < -0.3 is 10.4 Å². The molecule has 0 aliphatic carbocycles. The number of benzene rings is 1. The first kappa shape index (κ1) is 11.1. The van der Waals surface area contributed by atoms with E-state index < -0.39 is 0 Å². The van der Waals surface area contributed by atoms with E-state index in [2.05, 4.69) is 10.3 Å². The third kappa shape index (κ3) is 2.81. The number of phenolic OH excluding ortho intramolecular Hbond substituents is 1. The lowest BCUT2D eigenvalue weighted by atomic mass is 10.2. The minimum absolute atomic E-state index is 0.242. The average Bonchev–Trinajstić information content (AvgIpc) is 2.38. The molecule has 2 aromatic rings. The van der Waals surface area contributed by atoms with E-state index in [1.807, 2.05) is 12.1 Å². The van der Waals surface area contributed by atoms with E-state index in [0.717, 1.165) is 11.8 Å². The smallest absolute Gasteiger partial charge is 0.150 e. The van der Waals surface area contributed by atoms with Gasteiger partial charge in [0.15, 0.2) is 0 Å². The number of pyridine rings is 1. The fourth-order valence-corrected chi connectivity index (χ4v) is 1.46. The number of aromatic hydroxyl groups is 1. The minimum atomic E-state index is 0.242. The van der Waals surface area contributed by atoms with Gasteiger partial charge in [0.2, 0.25) is 0 Å². The molecule has 1 heterocycles. The average molecular weight is 228 g/mol. The molecular weight excluding hydrogens is 216 g/mol. The third-order valence-corrected chi connectivity index (χ3v) is 2.37. The molecule has 0 saturated carbocycles. The van der Waals surface area contributed by atoms with Crippen LogP contribution in [0.2, 0.25) is 0 Å². The van der Waals surface area contributed by atoms with E-state index >= 15 is 0 Å². The SMILES string of the molecule is O=Cc1ccnc(NCc2ccccc2O)c1. The Kier molecular flexibility index (Phi) is 3.35. The summed E-state index contributed by atoms with van der Waals surface area (Å²) < 4.78 is 0. The maximum absolute atomic E-state index is 10.6. The molecule has 1 aromatic heterocycles. The van der Waals surface area contributed by atoms with Gasteiger partial charge in [0.05, 0.1) is 0 Å². The van der Waals surface area contributed by atoms with Crippen molar-refractivity contribution in [2.45, 2.75) is 6.54 Å². The molecule has 0 unspecified atom stereocenters. The van der Waals surface area contributed by atoms with E-state index in [0.29, 0.717) is 17.9 Å². The van der Waals surface area contributed by atoms with Crippen molar-refractivity contribution in [2.24, 2.45) is 0 Å². The summed E-state index contributed by atoms with van der Waals surface area (Å²) in [5, 5.41) is 12.6. The quantitative estimate of drug-likeness (QED) is 0.787. The Morgan fingerprint density at radius 3 is 2.88 bits per heavy atom. The van der Waals surface area contributed by atoms with E-state index in [1.165, 1.54) is 0 Å². The zero-order chi connectivity index (χ0) is 12.1. The van der Waals surface area contributed by atoms with Crippen LogP contribution in [0.25, 0.3) is 0 Å². The highest BCUT2D eigenvalue weighted by atomic mass is 16.3. The van der Waals surface area contributed by atoms with Gasteiger partial charge in [0.25, 0.3) is 0 Å². The Hall–Kier alpha value is -2.36. The number of aromatic nitrogens is 1. The fourth-order valence-electron chi connectivity index (χ4n) is 1.46. The number of para-hydroxylation sites is 1. The number of hydrogen-bond acceptors (Lipinski definition) is 4. The topological polar surface area (TPSA) is 62.2 Å². The van der Waals surface area contributed by atoms with Crippen molar-refractivity contribution >= 4 is 12.1 Å². The van der Waals surface area contributed by atoms with Crippen LogP contribution in [0, 0.1) is 0 Å². The number of nitrogens with zero attached hydrogens (tertiary/aromatic N) is 1. The number of nitrogens with one attached hydrogen (secondary N) is 1. The molecule has 17 heavy (non-hydrogen) atoms. The Morgan fingerprint density at radius 2 is 2.12 bits per heavy atom. The monoisotopic (exact) mass is 228 g/mol. The molecule has 0 fully saturated rings. The van der Waals surface area contributed by atoms with Gasteiger partial charge in [-0.05, 0) is 18.2 Å². The van der Waals surface area contributed by atoms with Crippen molar-refractivity contribution in [3.63, 3.8) is 0 Å². The van der Waals surface area contributed by atoms with Crippen LogP contribution in [-0.2, 0) is 6.54 Å². The first-order valence-electron chi connectivity index (χ1n) is 5.21. The van der Waals surface area contributed by atoms with Crippen molar-refractivity contribution in [1.29, 1.82) is 0 Å². The maximum atomic E-state index is 10.6. The van der Waals surface area contributed by atoms with Crippen LogP contribution in [0.15, 0.2) is 42.6 Å². The van der Waals surface area contributed by atoms with Gasteiger partial charge in [0, 0.05) is 23.9 Å². The molecule has 0 bridgehead atoms. The number of anilines is 1. The zero-order valence-corrected chi connectivity index (χ0v) is 9.13. The van der Waals surface area contributed by atoms with E-state index in [-0.39, 0.29) is 5.75 Å². The lowest BCUT2D eigenvalue weighted by molar-refractivity contribution is 0.112. The number of phenols is 1. The molecule has 0 saturated heterocycles. The molecule has 0 atom stereocenters. The lowest BCUT2D eigenvalue weighted by Crippen LogP contribution is -2.01. The standard InChI is InChI=1S/C13H12N2O2/c16-9-10-5-6-14-13(7-10)15-8-11-3-1-2-4-12(11)17/h1-7,9,17H,8H2,(H,14,15). The largest absolute Gasteiger partial charge is 0.508 e. The normalized spacial score (nSPS) is 9.88. The van der Waals surface area contributed by atoms with Crippen molar-refractivity contribution < 1.29 is 9.90 Å². The van der Waals surface area contributed by atoms with Gasteiger partial charge in [0.1, 0.15) is 17.9 Å². The molecule has 1 aromatic carbocycles. The van der Waals surface area contributed by atoms with E-state index in [4.69, 9.17) is 0 Å². The van der Waals surface area contributed by atoms with Crippen LogP contribution in [0.4, 0.5) is 5.82 Å². The predicted molar refractivity (Wildman–Crippen MR) is 65.1 cm³/mol. The zero-order valence-electron chi connectivity index (χ0n) is 9.13. The van der Waals surface area contributed by atoms with Gasteiger partial charge >= 0.3 is 0 Å². The molecule has 2 rings (SSSR count). The van der Waals surface area contributed by atoms with Gasteiger partial charge in [-0.3, -0.25) is 4.79 Å². The number of carbonyl (C=O) groups excluding carboxylic acids is 1. The van der Waals surface area contributed by atoms with Crippen molar-refractivity contribution in [3.8, 4) is 5.75 Å². The molecular formula is C13H12N2O2.